The van der Waals surface area contributed by atoms with Crippen LogP contribution in [0.1, 0.15) is 62.5 Å². The van der Waals surface area contributed by atoms with Gasteiger partial charge < -0.3 is 9.63 Å². The van der Waals surface area contributed by atoms with Gasteiger partial charge >= 0.3 is 0 Å². The van der Waals surface area contributed by atoms with E-state index in [-0.39, 0.29) is 0 Å². The van der Waals surface area contributed by atoms with Crippen molar-refractivity contribution in [2.45, 2.75) is 77.5 Å². The van der Waals surface area contributed by atoms with E-state index in [1.807, 2.05) is 20.8 Å². The van der Waals surface area contributed by atoms with Gasteiger partial charge in [0.1, 0.15) is 5.76 Å². The summed E-state index contributed by atoms with van der Waals surface area (Å²) in [5, 5.41) is 14.9. The van der Waals surface area contributed by atoms with Crippen molar-refractivity contribution in [3.63, 3.8) is 0 Å². The molecule has 3 atom stereocenters. The molecule has 1 aliphatic heterocycles. The molecule has 21 heavy (non-hydrogen) atoms. The van der Waals surface area contributed by atoms with Crippen molar-refractivity contribution >= 4 is 0 Å². The second-order valence-electron chi connectivity index (χ2n) is 7.19. The van der Waals surface area contributed by atoms with E-state index >= 15 is 0 Å². The third-order valence-electron chi connectivity index (χ3n) is 5.67. The molecule has 1 saturated heterocycles. The van der Waals surface area contributed by atoms with Crippen LogP contribution in [0.2, 0.25) is 0 Å². The molecule has 0 spiro atoms. The van der Waals surface area contributed by atoms with Gasteiger partial charge in [0.25, 0.3) is 0 Å². The standard InChI is InChI=1S/C17H28N2O2/c1-12-14(13(2)21-18-12)11-19-10-6-8-16(19)15-7-4-5-9-17(15,3)20/h15-16,20H,4-11H2,1-3H3. The molecule has 4 nitrogen and oxygen atoms in total. The summed E-state index contributed by atoms with van der Waals surface area (Å²) in [6, 6.07) is 0.508. The quantitative estimate of drug-likeness (QED) is 0.929. The van der Waals surface area contributed by atoms with Crippen LogP contribution in [0.3, 0.4) is 0 Å². The topological polar surface area (TPSA) is 49.5 Å². The van der Waals surface area contributed by atoms with E-state index in [4.69, 9.17) is 4.52 Å². The Kier molecular flexibility index (Phi) is 4.10. The molecule has 0 radical (unpaired) electrons. The average Bonchev–Trinajstić information content (AvgIpc) is 3.00. The number of aryl methyl sites for hydroxylation is 2. The zero-order valence-electron chi connectivity index (χ0n) is 13.6. The number of aliphatic hydroxyl groups is 1. The molecular formula is C17H28N2O2. The van der Waals surface area contributed by atoms with Crippen LogP contribution in [0.5, 0.6) is 0 Å². The van der Waals surface area contributed by atoms with Gasteiger partial charge in [0.05, 0.1) is 11.3 Å². The Morgan fingerprint density at radius 1 is 1.29 bits per heavy atom. The van der Waals surface area contributed by atoms with E-state index in [0.29, 0.717) is 12.0 Å². The minimum absolute atomic E-state index is 0.411. The summed E-state index contributed by atoms with van der Waals surface area (Å²) < 4.78 is 5.30. The predicted octanol–water partition coefficient (Wildman–Crippen LogP) is 3.20. The molecule has 1 aromatic rings. The van der Waals surface area contributed by atoms with Gasteiger partial charge in [0, 0.05) is 24.1 Å². The highest BCUT2D eigenvalue weighted by molar-refractivity contribution is 5.21. The van der Waals surface area contributed by atoms with Gasteiger partial charge in [-0.2, -0.15) is 0 Å². The average molecular weight is 292 g/mol. The second kappa shape index (κ2) is 5.73. The molecule has 3 rings (SSSR count). The van der Waals surface area contributed by atoms with E-state index in [1.165, 1.54) is 31.2 Å². The Labute approximate surface area is 127 Å². The molecule has 1 aliphatic carbocycles. The normalized spacial score (nSPS) is 34.5. The smallest absolute Gasteiger partial charge is 0.138 e. The molecule has 3 unspecified atom stereocenters. The Balaban J connectivity index is 1.76. The van der Waals surface area contributed by atoms with Crippen LogP contribution in [0.4, 0.5) is 0 Å². The van der Waals surface area contributed by atoms with Crippen molar-refractivity contribution in [3.8, 4) is 0 Å². The fourth-order valence-electron chi connectivity index (χ4n) is 4.38. The van der Waals surface area contributed by atoms with Crippen LogP contribution >= 0.6 is 0 Å². The number of nitrogens with zero attached hydrogens (tertiary/aromatic N) is 2. The van der Waals surface area contributed by atoms with Crippen molar-refractivity contribution in [2.24, 2.45) is 5.92 Å². The van der Waals surface area contributed by atoms with Gasteiger partial charge in [0.15, 0.2) is 0 Å². The van der Waals surface area contributed by atoms with E-state index in [2.05, 4.69) is 10.1 Å². The fraction of sp³-hybridized carbons (Fsp3) is 0.824. The van der Waals surface area contributed by atoms with Crippen molar-refractivity contribution in [1.29, 1.82) is 0 Å². The van der Waals surface area contributed by atoms with Gasteiger partial charge in [-0.1, -0.05) is 18.0 Å². The zero-order chi connectivity index (χ0) is 15.0. The summed E-state index contributed by atoms with van der Waals surface area (Å²) in [5.74, 6) is 1.35. The summed E-state index contributed by atoms with van der Waals surface area (Å²) in [6.07, 6.45) is 6.99. The van der Waals surface area contributed by atoms with E-state index < -0.39 is 5.60 Å². The molecule has 0 aromatic carbocycles. The minimum Gasteiger partial charge on any atom is -0.390 e. The van der Waals surface area contributed by atoms with Gasteiger partial charge in [-0.05, 0) is 53.0 Å². The Hall–Kier alpha value is -0.870. The third-order valence-corrected chi connectivity index (χ3v) is 5.67. The van der Waals surface area contributed by atoms with Gasteiger partial charge in [-0.3, -0.25) is 4.90 Å². The van der Waals surface area contributed by atoms with Gasteiger partial charge in [-0.25, -0.2) is 0 Å². The largest absolute Gasteiger partial charge is 0.390 e. The monoisotopic (exact) mass is 292 g/mol. The first-order valence-corrected chi connectivity index (χ1v) is 8.37. The van der Waals surface area contributed by atoms with E-state index in [9.17, 15) is 5.11 Å². The van der Waals surface area contributed by atoms with Crippen LogP contribution in [0.15, 0.2) is 4.52 Å². The minimum atomic E-state index is -0.496. The Morgan fingerprint density at radius 3 is 2.76 bits per heavy atom. The molecule has 0 amide bonds. The lowest BCUT2D eigenvalue weighted by Gasteiger charge is -2.43. The number of likely N-dealkylation sites (tertiary alicyclic amines) is 1. The lowest BCUT2D eigenvalue weighted by atomic mass is 9.72. The highest BCUT2D eigenvalue weighted by atomic mass is 16.5. The summed E-state index contributed by atoms with van der Waals surface area (Å²) in [5.41, 5.74) is 1.75. The lowest BCUT2D eigenvalue weighted by Crippen LogP contribution is -2.48. The zero-order valence-corrected chi connectivity index (χ0v) is 13.6. The van der Waals surface area contributed by atoms with Crippen LogP contribution < -0.4 is 0 Å². The molecule has 1 aromatic heterocycles. The van der Waals surface area contributed by atoms with Gasteiger partial charge in [0.2, 0.25) is 0 Å². The van der Waals surface area contributed by atoms with Crippen LogP contribution in [0.25, 0.3) is 0 Å². The molecule has 0 bridgehead atoms. The molecule has 118 valence electrons. The van der Waals surface area contributed by atoms with Crippen LogP contribution in [-0.4, -0.2) is 33.4 Å². The first kappa shape index (κ1) is 15.0. The molecule has 1 N–H and O–H groups in total. The van der Waals surface area contributed by atoms with Crippen LogP contribution in [-0.2, 0) is 6.54 Å². The molecule has 1 saturated carbocycles. The highest BCUT2D eigenvalue weighted by Gasteiger charge is 2.43. The summed E-state index contributed by atoms with van der Waals surface area (Å²) in [6.45, 7) is 8.10. The van der Waals surface area contributed by atoms with Crippen molar-refractivity contribution in [1.82, 2.24) is 10.1 Å². The first-order valence-electron chi connectivity index (χ1n) is 8.37. The van der Waals surface area contributed by atoms with Crippen molar-refractivity contribution < 1.29 is 9.63 Å². The molecule has 4 heteroatoms. The SMILES string of the molecule is Cc1noc(C)c1CN1CCCC1C1CCCCC1(C)O. The third kappa shape index (κ3) is 2.88. The molecule has 2 heterocycles. The van der Waals surface area contributed by atoms with Crippen LogP contribution in [0, 0.1) is 19.8 Å². The van der Waals surface area contributed by atoms with E-state index in [0.717, 1.165) is 37.4 Å². The lowest BCUT2D eigenvalue weighted by molar-refractivity contribution is -0.0629. The maximum Gasteiger partial charge on any atom is 0.138 e. The maximum atomic E-state index is 10.8. The Bertz CT molecular complexity index is 475. The predicted molar refractivity (Wildman–Crippen MR) is 82.0 cm³/mol. The van der Waals surface area contributed by atoms with E-state index in [1.54, 1.807) is 0 Å². The molecule has 2 fully saturated rings. The Morgan fingerprint density at radius 2 is 2.10 bits per heavy atom. The number of hydrogen-bond acceptors (Lipinski definition) is 4. The number of rotatable bonds is 3. The van der Waals surface area contributed by atoms with Crippen molar-refractivity contribution in [2.75, 3.05) is 6.54 Å². The second-order valence-corrected chi connectivity index (χ2v) is 7.19. The number of aromatic nitrogens is 1. The fourth-order valence-corrected chi connectivity index (χ4v) is 4.38. The maximum absolute atomic E-state index is 10.8. The first-order chi connectivity index (χ1) is 9.99. The number of hydrogen-bond donors (Lipinski definition) is 1. The molecular weight excluding hydrogens is 264 g/mol. The highest BCUT2D eigenvalue weighted by Crippen LogP contribution is 2.41. The van der Waals surface area contributed by atoms with Crippen molar-refractivity contribution in [3.05, 3.63) is 17.0 Å². The summed E-state index contributed by atoms with van der Waals surface area (Å²) in [4.78, 5) is 2.55. The van der Waals surface area contributed by atoms with Gasteiger partial charge in [-0.15, -0.1) is 0 Å². The summed E-state index contributed by atoms with van der Waals surface area (Å²) >= 11 is 0. The summed E-state index contributed by atoms with van der Waals surface area (Å²) in [7, 11) is 0. The molecule has 2 aliphatic rings.